The average Bonchev–Trinajstić information content (AvgIpc) is 3.58. The number of amides is 2. The van der Waals surface area contributed by atoms with E-state index < -0.39 is 49.5 Å². The van der Waals surface area contributed by atoms with Gasteiger partial charge in [0.15, 0.2) is 0 Å². The standard InChI is InChI=1S/C24H19BrCl3F6N2O2P/c1-23(30,31)15(13-8-17(26)20(28)18(27)9-13)10-19(29)12-3-4-14(16(25)7-12)21(37)35-24(5-6-24)22(38)36(2)11-39(32,33)34/h3-4,7-10,15H,5-6,11H2,1-2H3/p+1/b19-10-. The summed E-state index contributed by atoms with van der Waals surface area (Å²) in [6.45, 7) is 0.601. The fraction of sp³-hybridized carbons (Fsp3) is 0.333. The molecule has 2 aromatic carbocycles. The van der Waals surface area contributed by atoms with Crippen molar-refractivity contribution < 1.29 is 35.4 Å². The average molecular weight is 700 g/mol. The molecule has 0 spiro atoms. The van der Waals surface area contributed by atoms with Gasteiger partial charge in [0.1, 0.15) is 11.4 Å². The molecule has 0 saturated heterocycles. The fourth-order valence-electron chi connectivity index (χ4n) is 3.85. The molecule has 0 heterocycles. The Kier molecular flexibility index (Phi) is 9.65. The summed E-state index contributed by atoms with van der Waals surface area (Å²) in [4.78, 5) is 25.9. The minimum absolute atomic E-state index is 0.0364. The Morgan fingerprint density at radius 3 is 2.18 bits per heavy atom. The van der Waals surface area contributed by atoms with Gasteiger partial charge in [-0.25, -0.2) is 13.2 Å². The first-order valence-electron chi connectivity index (χ1n) is 11.1. The first kappa shape index (κ1) is 32.0. The Balaban J connectivity index is 1.84. The van der Waals surface area contributed by atoms with Crippen molar-refractivity contribution >= 4 is 76.6 Å². The number of alkyl halides is 2. The van der Waals surface area contributed by atoms with E-state index in [2.05, 4.69) is 21.2 Å². The van der Waals surface area contributed by atoms with Crippen LogP contribution in [-0.2, 0) is 4.79 Å². The largest absolute Gasteiger partial charge is 0.588 e. The molecule has 0 aliphatic heterocycles. The van der Waals surface area contributed by atoms with E-state index in [4.69, 9.17) is 34.8 Å². The SMILES string of the molecule is CN(C[P+](F)(F)F)C(=O)C1(NC(=O)c2ccc(/C(F)=C/C(c3cc(Cl)c(Cl)c(Cl)c3)C(C)(F)F)cc2Br)CC1. The number of benzene rings is 2. The van der Waals surface area contributed by atoms with Crippen molar-refractivity contribution in [3.8, 4) is 0 Å². The molecule has 39 heavy (non-hydrogen) atoms. The summed E-state index contributed by atoms with van der Waals surface area (Å²) in [7, 11) is -4.74. The zero-order valence-corrected chi connectivity index (χ0v) is 24.9. The van der Waals surface area contributed by atoms with Gasteiger partial charge in [-0.3, -0.25) is 9.59 Å². The van der Waals surface area contributed by atoms with Crippen molar-refractivity contribution in [3.63, 3.8) is 0 Å². The number of hydrogen-bond donors (Lipinski definition) is 1. The van der Waals surface area contributed by atoms with Crippen molar-refractivity contribution in [1.82, 2.24) is 10.2 Å². The lowest BCUT2D eigenvalue weighted by Crippen LogP contribution is -2.49. The molecule has 212 valence electrons. The number of carbonyl (C=O) groups is 2. The molecule has 1 saturated carbocycles. The molecular formula is C24H20BrCl3F6N2O2P+. The highest BCUT2D eigenvalue weighted by Gasteiger charge is 2.55. The van der Waals surface area contributed by atoms with E-state index in [1.54, 1.807) is 0 Å². The van der Waals surface area contributed by atoms with Crippen molar-refractivity contribution in [2.75, 3.05) is 13.3 Å². The molecule has 1 N–H and O–H groups in total. The van der Waals surface area contributed by atoms with Crippen LogP contribution in [0.25, 0.3) is 5.83 Å². The van der Waals surface area contributed by atoms with Crippen LogP contribution in [0, 0.1) is 0 Å². The van der Waals surface area contributed by atoms with E-state index in [-0.39, 0.29) is 49.1 Å². The van der Waals surface area contributed by atoms with Crippen molar-refractivity contribution in [2.24, 2.45) is 0 Å². The maximum atomic E-state index is 15.2. The Labute approximate surface area is 244 Å². The Hall–Kier alpha value is -1.52. The zero-order valence-electron chi connectivity index (χ0n) is 20.2. The smallest absolute Gasteiger partial charge is 0.338 e. The number of rotatable bonds is 9. The van der Waals surface area contributed by atoms with Gasteiger partial charge in [0.25, 0.3) is 17.7 Å². The number of allylic oxidation sites excluding steroid dienone is 1. The van der Waals surface area contributed by atoms with Crippen LogP contribution in [0.5, 0.6) is 0 Å². The van der Waals surface area contributed by atoms with E-state index in [1.807, 2.05) is 0 Å². The van der Waals surface area contributed by atoms with Crippen LogP contribution in [0.3, 0.4) is 0 Å². The molecule has 4 nitrogen and oxygen atoms in total. The number of hydrogen-bond acceptors (Lipinski definition) is 2. The summed E-state index contributed by atoms with van der Waals surface area (Å²) in [6.07, 6.45) is -0.346. The van der Waals surface area contributed by atoms with Gasteiger partial charge < -0.3 is 10.2 Å². The van der Waals surface area contributed by atoms with E-state index in [0.29, 0.717) is 17.9 Å². The molecule has 2 amide bonds. The van der Waals surface area contributed by atoms with Crippen molar-refractivity contribution in [1.29, 1.82) is 0 Å². The molecular weight excluding hydrogens is 680 g/mol. The van der Waals surface area contributed by atoms with Crippen LogP contribution in [-0.4, -0.2) is 41.5 Å². The Morgan fingerprint density at radius 1 is 1.15 bits per heavy atom. The molecule has 3 rings (SSSR count). The highest BCUT2D eigenvalue weighted by atomic mass is 79.9. The molecule has 0 aromatic heterocycles. The number of nitrogens with one attached hydrogen (secondary N) is 1. The molecule has 0 radical (unpaired) electrons. The quantitative estimate of drug-likeness (QED) is 0.161. The molecule has 1 atom stereocenters. The van der Waals surface area contributed by atoms with Gasteiger partial charge in [-0.15, -0.1) is 0 Å². The summed E-state index contributed by atoms with van der Waals surface area (Å²) < 4.78 is 82.5. The third-order valence-electron chi connectivity index (χ3n) is 5.95. The third-order valence-corrected chi connectivity index (χ3v) is 8.54. The van der Waals surface area contributed by atoms with Gasteiger partial charge in [-0.1, -0.05) is 40.9 Å². The molecule has 2 aromatic rings. The number of carbonyl (C=O) groups excluding carboxylic acids is 2. The molecule has 1 aliphatic rings. The second-order valence-electron chi connectivity index (χ2n) is 9.17. The van der Waals surface area contributed by atoms with Crippen LogP contribution < -0.4 is 5.32 Å². The highest BCUT2D eigenvalue weighted by molar-refractivity contribution is 9.10. The van der Waals surface area contributed by atoms with Crippen LogP contribution in [0.1, 0.15) is 47.2 Å². The zero-order chi connectivity index (χ0) is 29.5. The summed E-state index contributed by atoms with van der Waals surface area (Å²) in [5.41, 5.74) is -1.72. The first-order chi connectivity index (χ1) is 17.8. The third kappa shape index (κ3) is 7.82. The number of likely N-dealkylation sites (N-methyl/N-ethyl adjacent to an activating group) is 1. The van der Waals surface area contributed by atoms with Crippen molar-refractivity contribution in [3.05, 3.63) is 72.6 Å². The van der Waals surface area contributed by atoms with Gasteiger partial charge in [0.05, 0.1) is 26.5 Å². The van der Waals surface area contributed by atoms with Crippen LogP contribution in [0.4, 0.5) is 25.8 Å². The Bertz CT molecular complexity index is 1310. The summed E-state index contributed by atoms with van der Waals surface area (Å²) in [5.74, 6) is -7.88. The van der Waals surface area contributed by atoms with Crippen molar-refractivity contribution in [2.45, 2.75) is 37.1 Å². The summed E-state index contributed by atoms with van der Waals surface area (Å²) in [6, 6.07) is 5.86. The van der Waals surface area contributed by atoms with E-state index in [1.165, 1.54) is 18.2 Å². The molecule has 0 bridgehead atoms. The van der Waals surface area contributed by atoms with Gasteiger partial charge in [0.2, 0.25) is 6.29 Å². The van der Waals surface area contributed by atoms with Crippen LogP contribution in [0.15, 0.2) is 40.9 Å². The predicted octanol–water partition coefficient (Wildman–Crippen LogP) is 9.51. The minimum Gasteiger partial charge on any atom is -0.338 e. The van der Waals surface area contributed by atoms with Gasteiger partial charge in [-0.05, 0) is 64.7 Å². The predicted molar refractivity (Wildman–Crippen MR) is 145 cm³/mol. The van der Waals surface area contributed by atoms with Gasteiger partial charge in [-0.2, -0.15) is 0 Å². The van der Waals surface area contributed by atoms with Crippen LogP contribution >= 0.6 is 58.9 Å². The lowest BCUT2D eigenvalue weighted by Gasteiger charge is -2.23. The molecule has 1 unspecified atom stereocenters. The Morgan fingerprint density at radius 2 is 1.72 bits per heavy atom. The topological polar surface area (TPSA) is 49.4 Å². The molecule has 1 aliphatic carbocycles. The lowest BCUT2D eigenvalue weighted by atomic mass is 9.92. The monoisotopic (exact) mass is 697 g/mol. The second kappa shape index (κ2) is 11.8. The molecule has 15 heteroatoms. The van der Waals surface area contributed by atoms with E-state index in [9.17, 15) is 31.0 Å². The second-order valence-corrected chi connectivity index (χ2v) is 12.6. The normalized spacial score (nSPS) is 16.1. The highest BCUT2D eigenvalue weighted by Crippen LogP contribution is 2.64. The van der Waals surface area contributed by atoms with Crippen LogP contribution in [0.2, 0.25) is 15.1 Å². The first-order valence-corrected chi connectivity index (χ1v) is 14.7. The lowest BCUT2D eigenvalue weighted by molar-refractivity contribution is -0.132. The van der Waals surface area contributed by atoms with Gasteiger partial charge >= 0.3 is 8.19 Å². The number of nitrogens with zero attached hydrogens (tertiary/aromatic N) is 1. The number of halogens is 10. The maximum absolute atomic E-state index is 15.2. The summed E-state index contributed by atoms with van der Waals surface area (Å²) in [5, 5.41) is 2.26. The minimum atomic E-state index is -5.75. The fourth-order valence-corrected chi connectivity index (χ4v) is 5.63. The van der Waals surface area contributed by atoms with Gasteiger partial charge in [0, 0.05) is 36.6 Å². The molecule has 1 fully saturated rings. The van der Waals surface area contributed by atoms with E-state index in [0.717, 1.165) is 19.2 Å². The summed E-state index contributed by atoms with van der Waals surface area (Å²) >= 11 is 20.9. The van der Waals surface area contributed by atoms with E-state index >= 15 is 4.39 Å². The maximum Gasteiger partial charge on any atom is 0.588 e.